The lowest BCUT2D eigenvalue weighted by Gasteiger charge is -2.20. The number of amides is 1. The first-order valence-corrected chi connectivity index (χ1v) is 11.3. The molecule has 1 heterocycles. The predicted molar refractivity (Wildman–Crippen MR) is 118 cm³/mol. The van der Waals surface area contributed by atoms with Gasteiger partial charge in [-0.3, -0.25) is 14.2 Å². The first kappa shape index (κ1) is 22.5. The lowest BCUT2D eigenvalue weighted by Crippen LogP contribution is -2.33. The minimum Gasteiger partial charge on any atom is -0.353 e. The van der Waals surface area contributed by atoms with E-state index in [2.05, 4.69) is 26.1 Å². The molecule has 2 aromatic rings. The third-order valence-corrected chi connectivity index (χ3v) is 5.92. The normalized spacial score (nSPS) is 13.6. The van der Waals surface area contributed by atoms with Gasteiger partial charge in [0.05, 0.1) is 16.7 Å². The van der Waals surface area contributed by atoms with E-state index < -0.39 is 0 Å². The molecule has 2 atom stereocenters. The smallest absolute Gasteiger partial charge is 0.262 e. The summed E-state index contributed by atoms with van der Waals surface area (Å²) in [7, 11) is 0. The Bertz CT molecular complexity index is 847. The van der Waals surface area contributed by atoms with Crippen LogP contribution in [-0.2, 0) is 4.79 Å². The molecule has 1 amide bonds. The van der Waals surface area contributed by atoms with Crippen LogP contribution in [0.2, 0.25) is 0 Å². The van der Waals surface area contributed by atoms with Crippen LogP contribution < -0.4 is 10.9 Å². The summed E-state index contributed by atoms with van der Waals surface area (Å²) in [5.74, 6) is 0.880. The fraction of sp³-hybridized carbons (Fsp3) is 0.591. The topological polar surface area (TPSA) is 64.0 Å². The third kappa shape index (κ3) is 6.09. The summed E-state index contributed by atoms with van der Waals surface area (Å²) in [5, 5.41) is 4.23. The summed E-state index contributed by atoms with van der Waals surface area (Å²) in [6, 6.07) is 7.62. The fourth-order valence-corrected chi connectivity index (χ4v) is 4.02. The summed E-state index contributed by atoms with van der Waals surface area (Å²) in [6.07, 6.45) is 4.02. The molecule has 154 valence electrons. The zero-order valence-corrected chi connectivity index (χ0v) is 18.5. The number of nitrogens with zero attached hydrogens (tertiary/aromatic N) is 2. The second-order valence-corrected chi connectivity index (χ2v) is 8.87. The number of fused-ring (bicyclic) bond motifs is 1. The van der Waals surface area contributed by atoms with Crippen molar-refractivity contribution in [2.75, 3.05) is 5.75 Å². The van der Waals surface area contributed by atoms with E-state index >= 15 is 0 Å². The number of carbonyl (C=O) groups is 1. The molecule has 0 saturated carbocycles. The second kappa shape index (κ2) is 10.6. The van der Waals surface area contributed by atoms with E-state index in [1.165, 1.54) is 11.8 Å². The van der Waals surface area contributed by atoms with Gasteiger partial charge in [-0.05, 0) is 44.7 Å². The minimum atomic E-state index is -0.0271. The fourth-order valence-electron chi connectivity index (χ4n) is 3.12. The summed E-state index contributed by atoms with van der Waals surface area (Å²) < 4.78 is 1.78. The maximum absolute atomic E-state index is 13.2. The minimum absolute atomic E-state index is 0.0209. The van der Waals surface area contributed by atoms with E-state index in [4.69, 9.17) is 4.98 Å². The first-order chi connectivity index (χ1) is 13.3. The van der Waals surface area contributed by atoms with Gasteiger partial charge in [0.15, 0.2) is 5.16 Å². The number of benzene rings is 1. The average molecular weight is 404 g/mol. The summed E-state index contributed by atoms with van der Waals surface area (Å²) in [6.45, 7) is 10.5. The largest absolute Gasteiger partial charge is 0.353 e. The van der Waals surface area contributed by atoms with Crippen LogP contribution in [0, 0.1) is 5.92 Å². The van der Waals surface area contributed by atoms with Crippen LogP contribution in [0.1, 0.15) is 66.3 Å². The molecule has 0 bridgehead atoms. The molecule has 5 nitrogen and oxygen atoms in total. The van der Waals surface area contributed by atoms with Gasteiger partial charge in [-0.25, -0.2) is 4.98 Å². The molecule has 0 fully saturated rings. The molecule has 0 aliphatic rings. The first-order valence-electron chi connectivity index (χ1n) is 10.3. The number of nitrogens with one attached hydrogen (secondary N) is 1. The molecule has 0 saturated heterocycles. The molecule has 2 unspecified atom stereocenters. The maximum Gasteiger partial charge on any atom is 0.262 e. The van der Waals surface area contributed by atoms with E-state index in [1.54, 1.807) is 4.57 Å². The number of aromatic nitrogens is 2. The molecule has 0 radical (unpaired) electrons. The van der Waals surface area contributed by atoms with Crippen molar-refractivity contribution in [3.8, 4) is 0 Å². The standard InChI is InChI=1S/C22H33N3O2S/c1-6-16(4)23-20(26)14-28-22-24-19-13-8-7-12-18(19)21(27)25(22)17(5)11-9-10-15(2)3/h7-8,12-13,15-17H,6,9-11,14H2,1-5H3,(H,23,26). The lowest BCUT2D eigenvalue weighted by atomic mass is 10.0. The highest BCUT2D eigenvalue weighted by molar-refractivity contribution is 7.99. The Morgan fingerprint density at radius 3 is 2.57 bits per heavy atom. The van der Waals surface area contributed by atoms with Gasteiger partial charge in [-0.1, -0.05) is 57.5 Å². The molecule has 2 rings (SSSR count). The van der Waals surface area contributed by atoms with E-state index in [0.29, 0.717) is 22.0 Å². The van der Waals surface area contributed by atoms with Gasteiger partial charge in [0, 0.05) is 12.1 Å². The molecular formula is C22H33N3O2S. The predicted octanol–water partition coefficient (Wildman–Crippen LogP) is 4.79. The highest BCUT2D eigenvalue weighted by Crippen LogP contribution is 2.24. The van der Waals surface area contributed by atoms with Crippen LogP contribution in [0.25, 0.3) is 10.9 Å². The highest BCUT2D eigenvalue weighted by atomic mass is 32.2. The summed E-state index contributed by atoms with van der Waals surface area (Å²) >= 11 is 1.34. The van der Waals surface area contributed by atoms with E-state index in [1.807, 2.05) is 38.1 Å². The molecule has 0 aliphatic heterocycles. The number of carbonyl (C=O) groups excluding carboxylic acids is 1. The van der Waals surface area contributed by atoms with Gasteiger partial charge in [-0.15, -0.1) is 0 Å². The monoisotopic (exact) mass is 403 g/mol. The van der Waals surface area contributed by atoms with Gasteiger partial charge in [0.25, 0.3) is 5.56 Å². The number of rotatable bonds is 10. The number of thioether (sulfide) groups is 1. The van der Waals surface area contributed by atoms with Crippen LogP contribution >= 0.6 is 11.8 Å². The number of hydrogen-bond donors (Lipinski definition) is 1. The molecule has 0 spiro atoms. The molecule has 0 aliphatic carbocycles. The zero-order chi connectivity index (χ0) is 20.7. The SMILES string of the molecule is CCC(C)NC(=O)CSc1nc2ccccc2c(=O)n1C(C)CCCC(C)C. The zero-order valence-electron chi connectivity index (χ0n) is 17.7. The van der Waals surface area contributed by atoms with Gasteiger partial charge >= 0.3 is 0 Å². The van der Waals surface area contributed by atoms with Gasteiger partial charge < -0.3 is 5.32 Å². The van der Waals surface area contributed by atoms with Gasteiger partial charge in [0.1, 0.15) is 0 Å². The Morgan fingerprint density at radius 2 is 1.89 bits per heavy atom. The molecule has 6 heteroatoms. The molecule has 1 aromatic carbocycles. The molecular weight excluding hydrogens is 370 g/mol. The summed E-state index contributed by atoms with van der Waals surface area (Å²) in [5.41, 5.74) is 0.662. The average Bonchev–Trinajstić information content (AvgIpc) is 2.65. The van der Waals surface area contributed by atoms with Crippen molar-refractivity contribution in [3.63, 3.8) is 0 Å². The Kier molecular flexibility index (Phi) is 8.55. The Balaban J connectivity index is 2.28. The number of para-hydroxylation sites is 1. The van der Waals surface area contributed by atoms with Crippen molar-refractivity contribution >= 4 is 28.6 Å². The van der Waals surface area contributed by atoms with Crippen molar-refractivity contribution in [3.05, 3.63) is 34.6 Å². The van der Waals surface area contributed by atoms with E-state index in [0.717, 1.165) is 25.7 Å². The van der Waals surface area contributed by atoms with E-state index in [-0.39, 0.29) is 29.3 Å². The molecule has 1 aromatic heterocycles. The maximum atomic E-state index is 13.2. The Labute approximate surface area is 172 Å². The molecule has 28 heavy (non-hydrogen) atoms. The summed E-state index contributed by atoms with van der Waals surface area (Å²) in [4.78, 5) is 30.1. The van der Waals surface area contributed by atoms with Crippen molar-refractivity contribution in [2.24, 2.45) is 5.92 Å². The Hall–Kier alpha value is -1.82. The van der Waals surface area contributed by atoms with Crippen molar-refractivity contribution in [1.82, 2.24) is 14.9 Å². The quantitative estimate of drug-likeness (QED) is 0.457. The Morgan fingerprint density at radius 1 is 1.18 bits per heavy atom. The van der Waals surface area contributed by atoms with Crippen molar-refractivity contribution in [1.29, 1.82) is 0 Å². The van der Waals surface area contributed by atoms with Gasteiger partial charge in [0.2, 0.25) is 5.91 Å². The number of hydrogen-bond acceptors (Lipinski definition) is 4. The van der Waals surface area contributed by atoms with Crippen LogP contribution in [0.5, 0.6) is 0 Å². The lowest BCUT2D eigenvalue weighted by molar-refractivity contribution is -0.119. The van der Waals surface area contributed by atoms with Gasteiger partial charge in [-0.2, -0.15) is 0 Å². The van der Waals surface area contributed by atoms with E-state index in [9.17, 15) is 9.59 Å². The molecule has 1 N–H and O–H groups in total. The van der Waals surface area contributed by atoms with Crippen molar-refractivity contribution in [2.45, 2.75) is 77.5 Å². The van der Waals surface area contributed by atoms with Crippen LogP contribution in [0.3, 0.4) is 0 Å². The van der Waals surface area contributed by atoms with Crippen LogP contribution in [0.15, 0.2) is 34.2 Å². The van der Waals surface area contributed by atoms with Crippen LogP contribution in [-0.4, -0.2) is 27.3 Å². The highest BCUT2D eigenvalue weighted by Gasteiger charge is 2.18. The third-order valence-electron chi connectivity index (χ3n) is 4.97. The van der Waals surface area contributed by atoms with Crippen molar-refractivity contribution < 1.29 is 4.79 Å². The second-order valence-electron chi connectivity index (χ2n) is 7.93. The van der Waals surface area contributed by atoms with Crippen LogP contribution in [0.4, 0.5) is 0 Å².